The van der Waals surface area contributed by atoms with Crippen LogP contribution in [0.2, 0.25) is 0 Å². The maximum absolute atomic E-state index is 12.0. The van der Waals surface area contributed by atoms with Crippen molar-refractivity contribution in [2.45, 2.75) is 46.3 Å². The molecule has 2 unspecified atom stereocenters. The van der Waals surface area contributed by atoms with E-state index in [9.17, 15) is 14.7 Å². The van der Waals surface area contributed by atoms with Crippen LogP contribution in [0.3, 0.4) is 0 Å². The van der Waals surface area contributed by atoms with Gasteiger partial charge in [-0.2, -0.15) is 0 Å². The standard InChI is InChI=1S/C13H21NO4/c1-12(2,3)18-11(17)14-6-7-8(13(7,4)5)9(14)10(15)16/h7-9H,6H2,1-5H3,(H,15,16)/t7?,8-,9?/m0/s1. The summed E-state index contributed by atoms with van der Waals surface area (Å²) in [7, 11) is 0. The fourth-order valence-electron chi connectivity index (χ4n) is 3.08. The number of fused-ring (bicyclic) bond motifs is 1. The summed E-state index contributed by atoms with van der Waals surface area (Å²) in [6.45, 7) is 9.95. The lowest BCUT2D eigenvalue weighted by atomic mass is 10.0. The second kappa shape index (κ2) is 3.62. The van der Waals surface area contributed by atoms with Gasteiger partial charge in [0.15, 0.2) is 0 Å². The van der Waals surface area contributed by atoms with Gasteiger partial charge in [-0.05, 0) is 32.1 Å². The van der Waals surface area contributed by atoms with Gasteiger partial charge in [-0.1, -0.05) is 13.8 Å². The monoisotopic (exact) mass is 255 g/mol. The summed E-state index contributed by atoms with van der Waals surface area (Å²) in [6.07, 6.45) is -0.516. The molecule has 2 rings (SSSR count). The van der Waals surface area contributed by atoms with Crippen LogP contribution in [0.4, 0.5) is 4.79 Å². The van der Waals surface area contributed by atoms with Crippen molar-refractivity contribution >= 4 is 12.1 Å². The maximum atomic E-state index is 12.0. The van der Waals surface area contributed by atoms with Gasteiger partial charge in [0.05, 0.1) is 0 Å². The van der Waals surface area contributed by atoms with Crippen LogP contribution in [0.25, 0.3) is 0 Å². The molecule has 1 N–H and O–H groups in total. The van der Waals surface area contributed by atoms with E-state index in [0.717, 1.165) is 0 Å². The van der Waals surface area contributed by atoms with E-state index in [2.05, 4.69) is 13.8 Å². The molecule has 1 heterocycles. The normalized spacial score (nSPS) is 32.9. The van der Waals surface area contributed by atoms with Gasteiger partial charge < -0.3 is 9.84 Å². The average Bonchev–Trinajstić information content (AvgIpc) is 2.59. The van der Waals surface area contributed by atoms with E-state index in [1.54, 1.807) is 20.8 Å². The van der Waals surface area contributed by atoms with E-state index in [4.69, 9.17) is 4.74 Å². The van der Waals surface area contributed by atoms with E-state index in [1.807, 2.05) is 0 Å². The Morgan fingerprint density at radius 1 is 1.33 bits per heavy atom. The first-order chi connectivity index (χ1) is 8.05. The van der Waals surface area contributed by atoms with Crippen LogP contribution in [0.5, 0.6) is 0 Å². The van der Waals surface area contributed by atoms with E-state index in [1.165, 1.54) is 4.90 Å². The Hall–Kier alpha value is -1.26. The third-order valence-electron chi connectivity index (χ3n) is 4.09. The minimum atomic E-state index is -0.932. The Morgan fingerprint density at radius 3 is 2.33 bits per heavy atom. The summed E-state index contributed by atoms with van der Waals surface area (Å²) in [5.41, 5.74) is -0.565. The van der Waals surface area contributed by atoms with E-state index >= 15 is 0 Å². The number of hydrogen-bond donors (Lipinski definition) is 1. The third kappa shape index (κ3) is 1.95. The Bertz CT molecular complexity index is 396. The number of hydrogen-bond acceptors (Lipinski definition) is 3. The number of carboxylic acid groups (broad SMARTS) is 1. The molecule has 1 aliphatic carbocycles. The fraction of sp³-hybridized carbons (Fsp3) is 0.846. The Labute approximate surface area is 107 Å². The molecule has 0 spiro atoms. The van der Waals surface area contributed by atoms with Crippen molar-refractivity contribution in [1.82, 2.24) is 4.90 Å². The predicted octanol–water partition coefficient (Wildman–Crippen LogP) is 1.96. The molecular formula is C13H21NO4. The minimum absolute atomic E-state index is 0.0293. The number of likely N-dealkylation sites (tertiary alicyclic amines) is 1. The summed E-state index contributed by atoms with van der Waals surface area (Å²) >= 11 is 0. The zero-order valence-electron chi connectivity index (χ0n) is 11.6. The number of nitrogens with zero attached hydrogens (tertiary/aromatic N) is 1. The molecule has 1 saturated heterocycles. The lowest BCUT2D eigenvalue weighted by Crippen LogP contribution is -2.47. The van der Waals surface area contributed by atoms with Crippen molar-refractivity contribution in [3.05, 3.63) is 0 Å². The summed E-state index contributed by atoms with van der Waals surface area (Å²) in [6, 6.07) is -0.736. The highest BCUT2D eigenvalue weighted by atomic mass is 16.6. The van der Waals surface area contributed by atoms with Gasteiger partial charge in [0.2, 0.25) is 0 Å². The Kier molecular flexibility index (Phi) is 2.65. The topological polar surface area (TPSA) is 66.8 Å². The number of carbonyl (C=O) groups excluding carboxylic acids is 1. The summed E-state index contributed by atoms with van der Waals surface area (Å²) in [5.74, 6) is -0.590. The Balaban J connectivity index is 2.12. The Morgan fingerprint density at radius 2 is 1.89 bits per heavy atom. The van der Waals surface area contributed by atoms with Crippen LogP contribution in [0.15, 0.2) is 0 Å². The smallest absolute Gasteiger partial charge is 0.411 e. The van der Waals surface area contributed by atoms with E-state index < -0.39 is 23.7 Å². The van der Waals surface area contributed by atoms with Crippen LogP contribution in [0, 0.1) is 17.3 Å². The maximum Gasteiger partial charge on any atom is 0.411 e. The molecule has 5 heteroatoms. The number of carbonyl (C=O) groups is 2. The molecule has 1 aliphatic heterocycles. The molecule has 5 nitrogen and oxygen atoms in total. The highest BCUT2D eigenvalue weighted by Crippen LogP contribution is 2.64. The van der Waals surface area contributed by atoms with Gasteiger partial charge in [-0.3, -0.25) is 4.90 Å². The van der Waals surface area contributed by atoms with Gasteiger partial charge in [0, 0.05) is 12.5 Å². The predicted molar refractivity (Wildman–Crippen MR) is 65.1 cm³/mol. The second-order valence-corrected chi connectivity index (χ2v) is 6.87. The van der Waals surface area contributed by atoms with Crippen molar-refractivity contribution in [3.8, 4) is 0 Å². The number of ether oxygens (including phenoxy) is 1. The second-order valence-electron chi connectivity index (χ2n) is 6.87. The first-order valence-corrected chi connectivity index (χ1v) is 6.28. The molecule has 102 valence electrons. The summed E-state index contributed by atoms with van der Waals surface area (Å²) in [4.78, 5) is 24.7. The first-order valence-electron chi connectivity index (χ1n) is 6.28. The van der Waals surface area contributed by atoms with Crippen molar-refractivity contribution in [1.29, 1.82) is 0 Å². The minimum Gasteiger partial charge on any atom is -0.480 e. The number of aliphatic carboxylic acids is 1. The van der Waals surface area contributed by atoms with Gasteiger partial charge in [-0.15, -0.1) is 0 Å². The number of amides is 1. The molecule has 1 amide bonds. The first kappa shape index (κ1) is 13.2. The lowest BCUT2D eigenvalue weighted by Gasteiger charge is -2.30. The highest BCUT2D eigenvalue weighted by molar-refractivity contribution is 5.82. The van der Waals surface area contributed by atoms with Gasteiger partial charge >= 0.3 is 12.1 Å². The highest BCUT2D eigenvalue weighted by Gasteiger charge is 2.70. The molecule has 18 heavy (non-hydrogen) atoms. The lowest BCUT2D eigenvalue weighted by molar-refractivity contribution is -0.143. The van der Waals surface area contributed by atoms with Gasteiger partial charge in [0.25, 0.3) is 0 Å². The van der Waals surface area contributed by atoms with E-state index in [-0.39, 0.29) is 17.3 Å². The molecule has 2 fully saturated rings. The summed E-state index contributed by atoms with van der Waals surface area (Å²) in [5, 5.41) is 9.31. The zero-order chi connectivity index (χ0) is 13.9. The van der Waals surface area contributed by atoms with Crippen LogP contribution >= 0.6 is 0 Å². The number of piperidine rings is 1. The van der Waals surface area contributed by atoms with Crippen molar-refractivity contribution < 1.29 is 19.4 Å². The van der Waals surface area contributed by atoms with Crippen LogP contribution in [0.1, 0.15) is 34.6 Å². The molecule has 0 aromatic rings. The average molecular weight is 255 g/mol. The van der Waals surface area contributed by atoms with Crippen molar-refractivity contribution in [2.75, 3.05) is 6.54 Å². The van der Waals surface area contributed by atoms with Crippen LogP contribution in [-0.2, 0) is 9.53 Å². The fourth-order valence-corrected chi connectivity index (χ4v) is 3.08. The molecule has 2 aliphatic rings. The zero-order valence-corrected chi connectivity index (χ0v) is 11.6. The number of carboxylic acids is 1. The third-order valence-corrected chi connectivity index (χ3v) is 4.09. The van der Waals surface area contributed by atoms with Crippen LogP contribution < -0.4 is 0 Å². The molecular weight excluding hydrogens is 234 g/mol. The quantitative estimate of drug-likeness (QED) is 0.777. The molecule has 1 saturated carbocycles. The molecule has 0 bridgehead atoms. The van der Waals surface area contributed by atoms with Gasteiger partial charge in [0.1, 0.15) is 11.6 Å². The van der Waals surface area contributed by atoms with Crippen LogP contribution in [-0.4, -0.2) is 40.3 Å². The number of rotatable bonds is 1. The van der Waals surface area contributed by atoms with E-state index in [0.29, 0.717) is 6.54 Å². The summed E-state index contributed by atoms with van der Waals surface area (Å²) < 4.78 is 5.26. The van der Waals surface area contributed by atoms with Gasteiger partial charge in [-0.25, -0.2) is 9.59 Å². The van der Waals surface area contributed by atoms with Crippen molar-refractivity contribution in [2.24, 2.45) is 17.3 Å². The molecule has 3 atom stereocenters. The SMILES string of the molecule is CC(C)(C)OC(=O)N1CC2[C@@H](C1C(=O)O)C2(C)C. The largest absolute Gasteiger partial charge is 0.480 e. The molecule has 0 radical (unpaired) electrons. The van der Waals surface area contributed by atoms with Crippen molar-refractivity contribution in [3.63, 3.8) is 0 Å². The molecule has 0 aromatic carbocycles. The molecule has 0 aromatic heterocycles.